The smallest absolute Gasteiger partial charge is 0.405 e. The molecule has 0 bridgehead atoms. The molecule has 0 fully saturated rings. The third-order valence-corrected chi connectivity index (χ3v) is 2.35. The van der Waals surface area contributed by atoms with Gasteiger partial charge in [-0.3, -0.25) is 0 Å². The van der Waals surface area contributed by atoms with Crippen molar-refractivity contribution in [2.75, 3.05) is 6.61 Å². The van der Waals surface area contributed by atoms with Gasteiger partial charge in [-0.1, -0.05) is 11.6 Å². The molecule has 80 valence electrons. The second-order valence-corrected chi connectivity index (χ2v) is 3.66. The molecule has 5 nitrogen and oxygen atoms in total. The fourth-order valence-corrected chi connectivity index (χ4v) is 1.66. The number of carbonyl (C=O) groups is 1. The predicted molar refractivity (Wildman–Crippen MR) is 53.4 cm³/mol. The van der Waals surface area contributed by atoms with Crippen LogP contribution in [0.4, 0.5) is 4.79 Å². The molecule has 15 heavy (non-hydrogen) atoms. The summed E-state index contributed by atoms with van der Waals surface area (Å²) in [5.74, 6) is 0.679. The minimum Gasteiger partial charge on any atom is -0.491 e. The van der Waals surface area contributed by atoms with E-state index in [0.717, 1.165) is 5.56 Å². The van der Waals surface area contributed by atoms with E-state index < -0.39 is 6.09 Å². The number of halogens is 1. The lowest BCUT2D eigenvalue weighted by Gasteiger charge is -2.24. The molecule has 6 heteroatoms. The van der Waals surface area contributed by atoms with Gasteiger partial charge >= 0.3 is 6.09 Å². The number of hydrogen-bond acceptors (Lipinski definition) is 3. The van der Waals surface area contributed by atoms with E-state index >= 15 is 0 Å². The zero-order chi connectivity index (χ0) is 10.8. The summed E-state index contributed by atoms with van der Waals surface area (Å²) in [6, 6.07) is 1.41. The Morgan fingerprint density at radius 1 is 1.73 bits per heavy atom. The number of aromatic nitrogens is 1. The number of carboxylic acid groups (broad SMARTS) is 1. The van der Waals surface area contributed by atoms with E-state index in [0.29, 0.717) is 23.9 Å². The Balaban J connectivity index is 2.13. The van der Waals surface area contributed by atoms with E-state index in [4.69, 9.17) is 21.4 Å². The number of amides is 1. The first kappa shape index (κ1) is 10.0. The van der Waals surface area contributed by atoms with Crippen LogP contribution in [0.3, 0.4) is 0 Å². The average molecular weight is 229 g/mol. The number of hydrogen-bond donors (Lipinski definition) is 2. The molecule has 1 aliphatic heterocycles. The van der Waals surface area contributed by atoms with E-state index in [1.54, 1.807) is 12.3 Å². The van der Waals surface area contributed by atoms with Gasteiger partial charge in [0.05, 0.1) is 6.04 Å². The molecule has 0 saturated carbocycles. The number of pyridine rings is 1. The maximum absolute atomic E-state index is 10.4. The van der Waals surface area contributed by atoms with Crippen molar-refractivity contribution in [1.29, 1.82) is 0 Å². The van der Waals surface area contributed by atoms with Crippen LogP contribution in [0.25, 0.3) is 0 Å². The Bertz CT molecular complexity index is 397. The zero-order valence-electron chi connectivity index (χ0n) is 7.74. The molecule has 1 atom stereocenters. The molecule has 2 N–H and O–H groups in total. The van der Waals surface area contributed by atoms with Gasteiger partial charge in [-0.25, -0.2) is 9.78 Å². The van der Waals surface area contributed by atoms with E-state index in [1.807, 2.05) is 0 Å². The topological polar surface area (TPSA) is 71.5 Å². The van der Waals surface area contributed by atoms with Crippen molar-refractivity contribution < 1.29 is 14.6 Å². The van der Waals surface area contributed by atoms with Gasteiger partial charge in [0, 0.05) is 24.2 Å². The lowest BCUT2D eigenvalue weighted by atomic mass is 10.1. The summed E-state index contributed by atoms with van der Waals surface area (Å²) in [5.41, 5.74) is 0.865. The molecule has 2 heterocycles. The minimum absolute atomic E-state index is 0.224. The van der Waals surface area contributed by atoms with Gasteiger partial charge in [-0.15, -0.1) is 0 Å². The highest BCUT2D eigenvalue weighted by Crippen LogP contribution is 2.26. The van der Waals surface area contributed by atoms with E-state index in [1.165, 1.54) is 0 Å². The van der Waals surface area contributed by atoms with Crippen molar-refractivity contribution in [2.24, 2.45) is 0 Å². The fourth-order valence-electron chi connectivity index (χ4n) is 1.51. The monoisotopic (exact) mass is 228 g/mol. The van der Waals surface area contributed by atoms with Crippen LogP contribution in [-0.4, -0.2) is 28.8 Å². The van der Waals surface area contributed by atoms with E-state index in [9.17, 15) is 4.79 Å². The number of nitrogens with zero attached hydrogens (tertiary/aromatic N) is 1. The van der Waals surface area contributed by atoms with Gasteiger partial charge < -0.3 is 15.2 Å². The summed E-state index contributed by atoms with van der Waals surface area (Å²) in [6.07, 6.45) is 1.13. The largest absolute Gasteiger partial charge is 0.491 e. The third kappa shape index (κ3) is 2.30. The number of fused-ring (bicyclic) bond motifs is 1. The molecule has 0 radical (unpaired) electrons. The summed E-state index contributed by atoms with van der Waals surface area (Å²) in [6.45, 7) is 0.319. The van der Waals surface area contributed by atoms with Crippen LogP contribution in [0.2, 0.25) is 5.15 Å². The van der Waals surface area contributed by atoms with Crippen molar-refractivity contribution in [3.05, 3.63) is 23.0 Å². The van der Waals surface area contributed by atoms with Crippen molar-refractivity contribution in [3.8, 4) is 5.75 Å². The summed E-state index contributed by atoms with van der Waals surface area (Å²) in [4.78, 5) is 14.3. The Morgan fingerprint density at radius 2 is 2.53 bits per heavy atom. The first-order valence-electron chi connectivity index (χ1n) is 4.42. The molecule has 2 rings (SSSR count). The maximum Gasteiger partial charge on any atom is 0.405 e. The molecular weight excluding hydrogens is 220 g/mol. The summed E-state index contributed by atoms with van der Waals surface area (Å²) in [5, 5.41) is 11.3. The first-order chi connectivity index (χ1) is 7.15. The highest BCUT2D eigenvalue weighted by molar-refractivity contribution is 6.29. The summed E-state index contributed by atoms with van der Waals surface area (Å²) >= 11 is 5.70. The van der Waals surface area contributed by atoms with Gasteiger partial charge in [0.1, 0.15) is 17.5 Å². The normalized spacial score (nSPS) is 18.9. The lowest BCUT2D eigenvalue weighted by molar-refractivity contribution is 0.176. The fraction of sp³-hybridized carbons (Fsp3) is 0.333. The van der Waals surface area contributed by atoms with Crippen molar-refractivity contribution >= 4 is 17.7 Å². The van der Waals surface area contributed by atoms with Gasteiger partial charge in [0.2, 0.25) is 0 Å². The number of rotatable bonds is 1. The zero-order valence-corrected chi connectivity index (χ0v) is 8.49. The highest BCUT2D eigenvalue weighted by atomic mass is 35.5. The van der Waals surface area contributed by atoms with Crippen LogP contribution in [0.5, 0.6) is 5.75 Å². The Kier molecular flexibility index (Phi) is 2.64. The third-order valence-electron chi connectivity index (χ3n) is 2.14. The lowest BCUT2D eigenvalue weighted by Crippen LogP contribution is -2.42. The molecule has 0 aliphatic carbocycles. The molecular formula is C9H9ClN2O3. The summed E-state index contributed by atoms with van der Waals surface area (Å²) in [7, 11) is 0. The highest BCUT2D eigenvalue weighted by Gasteiger charge is 2.21. The molecule has 1 unspecified atom stereocenters. The van der Waals surface area contributed by atoms with Gasteiger partial charge in [-0.2, -0.15) is 0 Å². The Morgan fingerprint density at radius 3 is 3.27 bits per heavy atom. The molecule has 0 saturated heterocycles. The van der Waals surface area contributed by atoms with E-state index in [2.05, 4.69) is 10.3 Å². The number of nitrogens with one attached hydrogen (secondary N) is 1. The minimum atomic E-state index is -1.05. The van der Waals surface area contributed by atoms with Crippen molar-refractivity contribution in [2.45, 2.75) is 12.5 Å². The molecule has 1 amide bonds. The predicted octanol–water partition coefficient (Wildman–Crippen LogP) is 1.31. The van der Waals surface area contributed by atoms with Gasteiger partial charge in [0.15, 0.2) is 0 Å². The molecule has 0 spiro atoms. The second-order valence-electron chi connectivity index (χ2n) is 3.28. The van der Waals surface area contributed by atoms with Crippen LogP contribution in [-0.2, 0) is 6.42 Å². The molecule has 1 aromatic rings. The van der Waals surface area contributed by atoms with Crippen LogP contribution in [0.1, 0.15) is 5.56 Å². The standard InChI is InChI=1S/C9H9ClN2O3/c10-8-2-7-5(3-11-8)1-6(4-15-7)12-9(13)14/h2-3,6,12H,1,4H2,(H,13,14). The van der Waals surface area contributed by atoms with Crippen LogP contribution in [0.15, 0.2) is 12.3 Å². The molecule has 1 aliphatic rings. The quantitative estimate of drug-likeness (QED) is 0.711. The number of ether oxygens (including phenoxy) is 1. The molecule has 1 aromatic heterocycles. The summed E-state index contributed by atoms with van der Waals surface area (Å²) < 4.78 is 5.37. The molecule has 0 aromatic carbocycles. The van der Waals surface area contributed by atoms with E-state index in [-0.39, 0.29) is 6.04 Å². The van der Waals surface area contributed by atoms with Crippen molar-refractivity contribution in [3.63, 3.8) is 0 Å². The first-order valence-corrected chi connectivity index (χ1v) is 4.79. The van der Waals surface area contributed by atoms with Crippen LogP contribution < -0.4 is 10.1 Å². The van der Waals surface area contributed by atoms with Crippen LogP contribution >= 0.6 is 11.6 Å². The second kappa shape index (κ2) is 3.94. The Labute approximate surface area is 91.0 Å². The maximum atomic E-state index is 10.4. The van der Waals surface area contributed by atoms with Gasteiger partial charge in [-0.05, 0) is 0 Å². The van der Waals surface area contributed by atoms with Crippen LogP contribution in [0, 0.1) is 0 Å². The van der Waals surface area contributed by atoms with Crippen molar-refractivity contribution in [1.82, 2.24) is 10.3 Å². The SMILES string of the molecule is O=C(O)NC1COc2cc(Cl)ncc2C1. The van der Waals surface area contributed by atoms with Gasteiger partial charge in [0.25, 0.3) is 0 Å². The Hall–Kier alpha value is -1.49. The average Bonchev–Trinajstić information content (AvgIpc) is 2.17.